The molecule has 3 aliphatic rings. The highest BCUT2D eigenvalue weighted by Crippen LogP contribution is 2.36. The van der Waals surface area contributed by atoms with Gasteiger partial charge in [0.2, 0.25) is 5.91 Å². The molecule has 0 bridgehead atoms. The number of fused-ring (bicyclic) bond motifs is 1. The van der Waals surface area contributed by atoms with Crippen molar-refractivity contribution in [3.63, 3.8) is 0 Å². The molecule has 8 heteroatoms. The second-order valence-electron chi connectivity index (χ2n) is 9.03. The van der Waals surface area contributed by atoms with E-state index in [9.17, 15) is 4.79 Å². The minimum Gasteiger partial charge on any atom is -0.356 e. The Morgan fingerprint density at radius 1 is 1.03 bits per heavy atom. The van der Waals surface area contributed by atoms with E-state index in [0.29, 0.717) is 11.4 Å². The molecule has 2 aromatic heterocycles. The average Bonchev–Trinajstić information content (AvgIpc) is 3.49. The van der Waals surface area contributed by atoms with Crippen LogP contribution < -0.4 is 4.90 Å². The van der Waals surface area contributed by atoms with Crippen molar-refractivity contribution in [2.75, 3.05) is 24.5 Å². The van der Waals surface area contributed by atoms with E-state index in [2.05, 4.69) is 22.1 Å². The van der Waals surface area contributed by atoms with Gasteiger partial charge in [0.15, 0.2) is 5.82 Å². The van der Waals surface area contributed by atoms with Crippen LogP contribution in [0.2, 0.25) is 0 Å². The SMILES string of the molecule is Cc1nonc1CC(=O)N1CCCC[C@H]1c1nc(C)c2c(n1)N(CC1CC1)CCC2. The highest BCUT2D eigenvalue weighted by atomic mass is 16.6. The van der Waals surface area contributed by atoms with Gasteiger partial charge in [0.05, 0.1) is 12.5 Å². The molecule has 1 aliphatic carbocycles. The first-order chi connectivity index (χ1) is 14.6. The first kappa shape index (κ1) is 19.5. The van der Waals surface area contributed by atoms with Gasteiger partial charge in [0, 0.05) is 30.9 Å². The largest absolute Gasteiger partial charge is 0.356 e. The number of amides is 1. The number of hydrogen-bond acceptors (Lipinski definition) is 7. The van der Waals surface area contributed by atoms with E-state index < -0.39 is 0 Å². The van der Waals surface area contributed by atoms with Gasteiger partial charge in [-0.25, -0.2) is 14.6 Å². The van der Waals surface area contributed by atoms with Crippen molar-refractivity contribution in [3.8, 4) is 0 Å². The van der Waals surface area contributed by atoms with Crippen molar-refractivity contribution < 1.29 is 9.42 Å². The van der Waals surface area contributed by atoms with Gasteiger partial charge in [-0.1, -0.05) is 10.3 Å². The van der Waals surface area contributed by atoms with Crippen LogP contribution in [0.4, 0.5) is 5.82 Å². The van der Waals surface area contributed by atoms with Gasteiger partial charge in [-0.2, -0.15) is 0 Å². The zero-order valence-corrected chi connectivity index (χ0v) is 17.9. The predicted molar refractivity (Wildman–Crippen MR) is 111 cm³/mol. The first-order valence-corrected chi connectivity index (χ1v) is 11.3. The lowest BCUT2D eigenvalue weighted by molar-refractivity contribution is -0.134. The molecule has 1 amide bonds. The molecule has 2 fully saturated rings. The van der Waals surface area contributed by atoms with Gasteiger partial charge in [0.25, 0.3) is 0 Å². The van der Waals surface area contributed by atoms with Crippen molar-refractivity contribution >= 4 is 11.7 Å². The second-order valence-corrected chi connectivity index (χ2v) is 9.03. The molecule has 0 aromatic carbocycles. The molecule has 30 heavy (non-hydrogen) atoms. The Balaban J connectivity index is 1.43. The maximum absolute atomic E-state index is 13.1. The van der Waals surface area contributed by atoms with Crippen molar-refractivity contribution in [2.24, 2.45) is 5.92 Å². The maximum Gasteiger partial charge on any atom is 0.229 e. The number of nitrogens with zero attached hydrogens (tertiary/aromatic N) is 6. The summed E-state index contributed by atoms with van der Waals surface area (Å²) in [5, 5.41) is 7.69. The van der Waals surface area contributed by atoms with Gasteiger partial charge in [-0.05, 0) is 64.7 Å². The Hall–Kier alpha value is -2.51. The monoisotopic (exact) mass is 410 g/mol. The summed E-state index contributed by atoms with van der Waals surface area (Å²) in [5.74, 6) is 2.79. The van der Waals surface area contributed by atoms with Crippen LogP contribution in [-0.2, 0) is 17.6 Å². The summed E-state index contributed by atoms with van der Waals surface area (Å²) in [6.07, 6.45) is 8.11. The summed E-state index contributed by atoms with van der Waals surface area (Å²) in [4.78, 5) is 27.6. The topological polar surface area (TPSA) is 88.2 Å². The summed E-state index contributed by atoms with van der Waals surface area (Å²) in [6, 6.07) is -0.0693. The van der Waals surface area contributed by atoms with Crippen molar-refractivity contribution in [3.05, 3.63) is 28.5 Å². The molecular formula is C22H30N6O2. The van der Waals surface area contributed by atoms with E-state index in [-0.39, 0.29) is 18.4 Å². The molecule has 4 heterocycles. The van der Waals surface area contributed by atoms with Crippen LogP contribution in [-0.4, -0.2) is 50.7 Å². The fraction of sp³-hybridized carbons (Fsp3) is 0.682. The number of aryl methyl sites for hydroxylation is 2. The third-order valence-corrected chi connectivity index (χ3v) is 6.73. The van der Waals surface area contributed by atoms with E-state index in [0.717, 1.165) is 68.6 Å². The number of rotatable bonds is 5. The Labute approximate surface area is 177 Å². The lowest BCUT2D eigenvalue weighted by Crippen LogP contribution is -2.41. The Morgan fingerprint density at radius 3 is 2.67 bits per heavy atom. The van der Waals surface area contributed by atoms with E-state index >= 15 is 0 Å². The fourth-order valence-corrected chi connectivity index (χ4v) is 4.80. The van der Waals surface area contributed by atoms with E-state index in [1.54, 1.807) is 0 Å². The molecule has 0 spiro atoms. The number of carbonyl (C=O) groups is 1. The Kier molecular flexibility index (Phi) is 5.16. The molecular weight excluding hydrogens is 380 g/mol. The van der Waals surface area contributed by atoms with Crippen molar-refractivity contribution in [2.45, 2.75) is 71.3 Å². The highest BCUT2D eigenvalue weighted by molar-refractivity contribution is 5.79. The highest BCUT2D eigenvalue weighted by Gasteiger charge is 2.34. The molecule has 2 aliphatic heterocycles. The Bertz CT molecular complexity index is 938. The number of hydrogen-bond donors (Lipinski definition) is 0. The van der Waals surface area contributed by atoms with Gasteiger partial charge >= 0.3 is 0 Å². The van der Waals surface area contributed by atoms with E-state index in [1.165, 1.54) is 24.8 Å². The third kappa shape index (κ3) is 3.79. The van der Waals surface area contributed by atoms with Crippen molar-refractivity contribution in [1.29, 1.82) is 0 Å². The Morgan fingerprint density at radius 2 is 1.90 bits per heavy atom. The van der Waals surface area contributed by atoms with Crippen molar-refractivity contribution in [1.82, 2.24) is 25.2 Å². The quantitative estimate of drug-likeness (QED) is 0.749. The molecule has 8 nitrogen and oxygen atoms in total. The number of likely N-dealkylation sites (tertiary alicyclic amines) is 1. The smallest absolute Gasteiger partial charge is 0.229 e. The van der Waals surface area contributed by atoms with Crippen LogP contribution in [0.15, 0.2) is 4.63 Å². The van der Waals surface area contributed by atoms with Crippen LogP contribution in [0.25, 0.3) is 0 Å². The van der Waals surface area contributed by atoms with Crippen LogP contribution >= 0.6 is 0 Å². The lowest BCUT2D eigenvalue weighted by atomic mass is 9.99. The van der Waals surface area contributed by atoms with Gasteiger partial charge in [-0.3, -0.25) is 4.79 Å². The molecule has 0 radical (unpaired) electrons. The van der Waals surface area contributed by atoms with Crippen LogP contribution in [0.1, 0.15) is 73.0 Å². The van der Waals surface area contributed by atoms with Gasteiger partial charge in [0.1, 0.15) is 17.2 Å². The first-order valence-electron chi connectivity index (χ1n) is 11.3. The summed E-state index contributed by atoms with van der Waals surface area (Å²) in [6.45, 7) is 6.83. The van der Waals surface area contributed by atoms with Crippen LogP contribution in [0.5, 0.6) is 0 Å². The maximum atomic E-state index is 13.1. The van der Waals surface area contributed by atoms with Gasteiger partial charge in [-0.15, -0.1) is 0 Å². The molecule has 1 saturated heterocycles. The summed E-state index contributed by atoms with van der Waals surface area (Å²) in [5.41, 5.74) is 3.66. The third-order valence-electron chi connectivity index (χ3n) is 6.73. The lowest BCUT2D eigenvalue weighted by Gasteiger charge is -2.36. The summed E-state index contributed by atoms with van der Waals surface area (Å²) >= 11 is 0. The van der Waals surface area contributed by atoms with Crippen LogP contribution in [0, 0.1) is 19.8 Å². The number of carbonyl (C=O) groups excluding carboxylic acids is 1. The minimum absolute atomic E-state index is 0.0484. The minimum atomic E-state index is -0.0693. The zero-order valence-electron chi connectivity index (χ0n) is 17.9. The van der Waals surface area contributed by atoms with Gasteiger partial charge < -0.3 is 9.80 Å². The molecule has 1 atom stereocenters. The summed E-state index contributed by atoms with van der Waals surface area (Å²) in [7, 11) is 0. The second kappa shape index (κ2) is 7.96. The molecule has 1 saturated carbocycles. The number of aromatic nitrogens is 4. The number of piperidine rings is 1. The summed E-state index contributed by atoms with van der Waals surface area (Å²) < 4.78 is 4.77. The fourth-order valence-electron chi connectivity index (χ4n) is 4.80. The van der Waals surface area contributed by atoms with Crippen LogP contribution in [0.3, 0.4) is 0 Å². The number of anilines is 1. The predicted octanol–water partition coefficient (Wildman–Crippen LogP) is 2.94. The molecule has 160 valence electrons. The normalized spacial score (nSPS) is 21.6. The van der Waals surface area contributed by atoms with E-state index in [1.807, 2.05) is 11.8 Å². The zero-order chi connectivity index (χ0) is 20.7. The molecule has 2 aromatic rings. The van der Waals surface area contributed by atoms with E-state index in [4.69, 9.17) is 14.6 Å². The average molecular weight is 411 g/mol. The molecule has 0 N–H and O–H groups in total. The molecule has 0 unspecified atom stereocenters. The standard InChI is InChI=1S/C22H30N6O2/c1-14-17-6-5-10-27(13-16-8-9-16)22(17)24-21(23-14)19-7-3-4-11-28(19)20(29)12-18-15(2)25-30-26-18/h16,19H,3-13H2,1-2H3/t19-/m0/s1. The molecule has 5 rings (SSSR count).